The van der Waals surface area contributed by atoms with Gasteiger partial charge in [0.1, 0.15) is 95.0 Å². The summed E-state index contributed by atoms with van der Waals surface area (Å²) in [6.45, 7) is 6.65. The molecule has 7 aliphatic heterocycles. The molecule has 0 aliphatic carbocycles. The first kappa shape index (κ1) is 79.9. The smallest absolute Gasteiger partial charge is 0.330 e. The van der Waals surface area contributed by atoms with E-state index in [-0.39, 0.29) is 68.8 Å². The number of aliphatic hydroxyl groups excluding tert-OH is 5. The second-order valence-corrected chi connectivity index (χ2v) is 29.1. The van der Waals surface area contributed by atoms with Crippen LogP contribution in [0.3, 0.4) is 0 Å². The number of nitrogens with zero attached hydrogens (tertiary/aromatic N) is 2. The number of nitrogen functional groups attached to an aromatic ring is 2. The first-order valence-corrected chi connectivity index (χ1v) is 35.6. The third-order valence-corrected chi connectivity index (χ3v) is 20.2. The summed E-state index contributed by atoms with van der Waals surface area (Å²) in [4.78, 5) is 126. The van der Waals surface area contributed by atoms with Crippen molar-refractivity contribution in [2.75, 3.05) is 24.3 Å². The first-order chi connectivity index (χ1) is 51.5. The van der Waals surface area contributed by atoms with E-state index in [2.05, 4.69) is 47.2 Å². The summed E-state index contributed by atoms with van der Waals surface area (Å²) < 4.78 is 39.4. The van der Waals surface area contributed by atoms with Crippen LogP contribution in [0.1, 0.15) is 105 Å². The van der Waals surface area contributed by atoms with Crippen LogP contribution in [0, 0.1) is 5.92 Å². The van der Waals surface area contributed by atoms with Crippen LogP contribution >= 0.6 is 35.0 Å². The molecule has 109 heavy (non-hydrogen) atoms. The third kappa shape index (κ3) is 17.5. The summed E-state index contributed by atoms with van der Waals surface area (Å²) in [5.74, 6) is -16.4. The van der Waals surface area contributed by atoms with Gasteiger partial charge in [-0.1, -0.05) is 67.0 Å². The van der Waals surface area contributed by atoms with E-state index in [0.717, 1.165) is 78.5 Å². The van der Waals surface area contributed by atoms with Gasteiger partial charge in [0.25, 0.3) is 0 Å². The number of hydrogen-bond acceptors (Lipinski definition) is 29. The predicted octanol–water partition coefficient (Wildman–Crippen LogP) is 0.861. The number of carbonyl (C=O) groups is 8. The van der Waals surface area contributed by atoms with Crippen LogP contribution in [0.2, 0.25) is 10.0 Å². The highest BCUT2D eigenvalue weighted by Crippen LogP contribution is 2.50. The number of thioether (sulfide) groups is 1. The number of phenols is 3. The Morgan fingerprint density at radius 1 is 0.716 bits per heavy atom. The molecule has 5 aromatic carbocycles. The average Bonchev–Trinajstić information content (AvgIpc) is 0.767. The topological polar surface area (TPSA) is 588 Å². The van der Waals surface area contributed by atoms with Crippen molar-refractivity contribution >= 4 is 93.9 Å². The average molecular weight is 1570 g/mol. The number of primary amides is 1. The Bertz CT molecular complexity index is 4550. The van der Waals surface area contributed by atoms with Gasteiger partial charge >= 0.3 is 5.97 Å². The highest BCUT2D eigenvalue weighted by molar-refractivity contribution is 7.99. The van der Waals surface area contributed by atoms with Gasteiger partial charge in [-0.2, -0.15) is 0 Å². The molecular formula is C70H79Cl2N13O23S. The Kier molecular flexibility index (Phi) is 23.9. The largest absolute Gasteiger partial charge is 0.508 e. The molecule has 582 valence electrons. The molecule has 2 fully saturated rings. The molecule has 7 amide bonds. The molecule has 0 spiro atoms. The number of likely N-dealkylation sites (N-methyl/N-ethyl adjacent to an activating group) is 1. The van der Waals surface area contributed by atoms with E-state index in [9.17, 15) is 69.9 Å². The number of rotatable bonds is 15. The van der Waals surface area contributed by atoms with Crippen molar-refractivity contribution in [1.29, 1.82) is 0 Å². The lowest BCUT2D eigenvalue weighted by atomic mass is 9.86. The molecule has 1 aromatic heterocycles. The van der Waals surface area contributed by atoms with Crippen molar-refractivity contribution in [1.82, 2.24) is 47.2 Å². The maximum Gasteiger partial charge on any atom is 0.330 e. The van der Waals surface area contributed by atoms with Crippen molar-refractivity contribution in [3.8, 4) is 57.1 Å². The fraction of sp³-hybridized carbons (Fsp3) is 0.400. The van der Waals surface area contributed by atoms with Gasteiger partial charge in [-0.25, -0.2) is 14.8 Å². The summed E-state index contributed by atoms with van der Waals surface area (Å²) in [6.07, 6.45) is -18.4. The van der Waals surface area contributed by atoms with E-state index in [1.165, 1.54) is 39.1 Å². The minimum atomic E-state index is -2.36. The molecule has 0 saturated carbocycles. The molecule has 11 bridgehead atoms. The fourth-order valence-electron chi connectivity index (χ4n) is 13.2. The molecule has 7 aliphatic rings. The Morgan fingerprint density at radius 2 is 1.32 bits per heavy atom. The minimum absolute atomic E-state index is 0.000331. The van der Waals surface area contributed by atoms with E-state index >= 15 is 14.4 Å². The molecule has 9 unspecified atom stereocenters. The number of carboxylic acids is 1. The Morgan fingerprint density at radius 3 is 1.92 bits per heavy atom. The normalized spacial score (nSPS) is 28.1. The number of aromatic hydroxyl groups is 3. The van der Waals surface area contributed by atoms with E-state index in [4.69, 9.17) is 74.6 Å². The maximum atomic E-state index is 16.2. The van der Waals surface area contributed by atoms with Crippen LogP contribution in [0.4, 0.5) is 11.6 Å². The lowest BCUT2D eigenvalue weighted by Crippen LogP contribution is -2.64. The molecule has 8 heterocycles. The quantitative estimate of drug-likeness (QED) is 0.0501. The number of phenolic OH excluding ortho intramolecular Hbond substituents is 3. The number of nitrogens with two attached hydrogens (primary N) is 4. The van der Waals surface area contributed by atoms with Crippen molar-refractivity contribution < 1.29 is 113 Å². The van der Waals surface area contributed by atoms with Gasteiger partial charge in [0.15, 0.2) is 35.1 Å². The summed E-state index contributed by atoms with van der Waals surface area (Å²) in [5, 5.41) is 122. The van der Waals surface area contributed by atoms with E-state index in [0.29, 0.717) is 0 Å². The van der Waals surface area contributed by atoms with Crippen LogP contribution in [0.25, 0.3) is 11.1 Å². The van der Waals surface area contributed by atoms with Crippen LogP contribution in [-0.4, -0.2) is 195 Å². The molecular weight excluding hydrogens is 1490 g/mol. The van der Waals surface area contributed by atoms with Gasteiger partial charge < -0.3 is 135 Å². The number of hydrogen-bond donors (Lipinski definition) is 20. The van der Waals surface area contributed by atoms with Gasteiger partial charge in [0.2, 0.25) is 53.4 Å². The number of halogens is 2. The number of carbonyl (C=O) groups excluding carboxylic acids is 7. The molecule has 13 rings (SSSR count). The number of fused-ring (bicyclic) bond motifs is 15. The zero-order chi connectivity index (χ0) is 79.1. The van der Waals surface area contributed by atoms with Gasteiger partial charge in [-0.3, -0.25) is 33.6 Å². The van der Waals surface area contributed by atoms with E-state index in [1.807, 2.05) is 13.8 Å². The predicted molar refractivity (Wildman–Crippen MR) is 384 cm³/mol. The summed E-state index contributed by atoms with van der Waals surface area (Å²) in [7, 11) is 1.47. The van der Waals surface area contributed by atoms with Gasteiger partial charge in [-0.15, -0.1) is 0 Å². The molecule has 36 nitrogen and oxygen atoms in total. The standard InChI is InChI=1S/C70H79Cl2N13O23S/c1-24(2)12-35(77-5)61(95)84-52-54(90)27-7-10-39(33(71)14-27)104-41-16-29-17-42(58(41)108-68-59(107-47-22-70(4,76)60(94)25(3)103-47)57(93)56(92)43(106-68)23-109-69-79-44(73)21-45(74)80-69)105-40-11-8-28(15-34(40)72)55(91)53-66(100)83-51(67(101)102)32-18-30(86)19-38(88)48(32)31-13-26(6-9-37(31)87)49(63(97)85-53)82-64(98)50(29)81-62(96)36(20-46(75)89)78-65(52)99/h6-11,13-19,21,24-25,35-36,43,47,49-57,59-60,68,77,86-88,90-94H,12,20,22-23,76H2,1-5H3,(H2,75,89)(H,78,99)(H,81,96)(H,82,98)(H,83,100)(H,84,95)(H,85,97)(H,101,102)(H4,73,74,79,80)/t25?,35-,36-,43?,47?,49+,50+,51+,52+,53-,54+,55+,56?,57?,59?,60?,68?,70?/m0/s1. The van der Waals surface area contributed by atoms with Crippen LogP contribution in [0.15, 0.2) is 90.1 Å². The summed E-state index contributed by atoms with van der Waals surface area (Å²) in [5.41, 5.74) is 20.1. The highest BCUT2D eigenvalue weighted by Gasteiger charge is 2.52. The van der Waals surface area contributed by atoms with Crippen LogP contribution < -0.4 is 74.4 Å². The fourth-order valence-corrected chi connectivity index (χ4v) is 14.5. The van der Waals surface area contributed by atoms with Gasteiger partial charge in [-0.05, 0) is 110 Å². The molecule has 24 N–H and O–H groups in total. The minimum Gasteiger partial charge on any atom is -0.508 e. The summed E-state index contributed by atoms with van der Waals surface area (Å²) >= 11 is 15.1. The van der Waals surface area contributed by atoms with Crippen LogP contribution in [-0.2, 0) is 52.6 Å². The third-order valence-electron chi connectivity index (χ3n) is 18.7. The lowest BCUT2D eigenvalue weighted by molar-refractivity contribution is -0.329. The van der Waals surface area contributed by atoms with Crippen molar-refractivity contribution in [2.45, 2.75) is 161 Å². The number of nitrogens with one attached hydrogen (secondary N) is 7. The van der Waals surface area contributed by atoms with E-state index < -0.39 is 231 Å². The van der Waals surface area contributed by atoms with Crippen LogP contribution in [0.5, 0.6) is 46.0 Å². The number of aliphatic hydroxyl groups is 5. The first-order valence-electron chi connectivity index (χ1n) is 33.8. The second-order valence-electron chi connectivity index (χ2n) is 27.3. The Hall–Kier alpha value is -10.1. The van der Waals surface area contributed by atoms with E-state index in [1.54, 1.807) is 0 Å². The lowest BCUT2D eigenvalue weighted by Gasteiger charge is -2.47. The number of aliphatic carboxylic acids is 1. The maximum absolute atomic E-state index is 16.2. The van der Waals surface area contributed by atoms with Crippen molar-refractivity contribution in [3.63, 3.8) is 0 Å². The monoisotopic (exact) mass is 1570 g/mol. The highest BCUT2D eigenvalue weighted by atomic mass is 35.5. The molecule has 18 atom stereocenters. The zero-order valence-corrected chi connectivity index (χ0v) is 60.7. The number of ether oxygens (including phenoxy) is 6. The molecule has 39 heteroatoms. The molecule has 0 radical (unpaired) electrons. The summed E-state index contributed by atoms with van der Waals surface area (Å²) in [6, 6.07) is 0.619. The number of carboxylic acid groups (broad SMARTS) is 1. The Balaban J connectivity index is 1.17. The zero-order valence-electron chi connectivity index (χ0n) is 58.4. The van der Waals surface area contributed by atoms with Gasteiger partial charge in [0, 0.05) is 46.5 Å². The number of aromatic nitrogens is 2. The Labute approximate surface area is 633 Å². The van der Waals surface area contributed by atoms with Crippen molar-refractivity contribution in [3.05, 3.63) is 123 Å². The number of benzene rings is 5. The van der Waals surface area contributed by atoms with Crippen molar-refractivity contribution in [2.24, 2.45) is 17.4 Å². The number of amides is 7. The number of anilines is 2. The molecule has 2 saturated heterocycles. The second kappa shape index (κ2) is 32.6. The van der Waals surface area contributed by atoms with Gasteiger partial charge in [0.05, 0.1) is 40.8 Å². The molecule has 6 aromatic rings. The SMILES string of the molecule is CN[C@@H](CC(C)C)C(=O)N[C@H]1C(=O)N[C@@H](CC(N)=O)C(=O)N[C@H]2C(=O)N[C@H]3C(=O)N[C@H](C(=O)N[C@@H](C(=O)O)c4cc(O)cc(O)c4-c4cc3ccc4O)[C@H](O)c3ccc(c(Cl)c3)Oc3cc2cc(c3OC2OC(CSc3nc(N)cc(N)n3)C(O)C(O)C2OC2CC(C)(N)C(O)C(C)O2)Oc2ccc(cc2Cl)[C@H]1O.